The second-order valence-corrected chi connectivity index (χ2v) is 4.48. The molecule has 0 radical (unpaired) electrons. The molecule has 3 heteroatoms. The van der Waals surface area contributed by atoms with Gasteiger partial charge in [0.1, 0.15) is 0 Å². The molecular formula is C11H19NOS. The van der Waals surface area contributed by atoms with Crippen LogP contribution in [0, 0.1) is 5.92 Å². The number of aliphatic hydroxyl groups is 1. The van der Waals surface area contributed by atoms with Crippen molar-refractivity contribution in [2.24, 2.45) is 5.92 Å². The Bertz CT molecular complexity index is 223. The van der Waals surface area contributed by atoms with Gasteiger partial charge >= 0.3 is 0 Å². The van der Waals surface area contributed by atoms with Crippen molar-refractivity contribution in [2.45, 2.75) is 19.8 Å². The molecular weight excluding hydrogens is 194 g/mol. The molecule has 1 rings (SSSR count). The molecule has 0 bridgehead atoms. The largest absolute Gasteiger partial charge is 0.396 e. The van der Waals surface area contributed by atoms with Crippen molar-refractivity contribution >= 4 is 11.3 Å². The molecule has 0 spiro atoms. The first-order valence-electron chi connectivity index (χ1n) is 5.15. The fourth-order valence-corrected chi connectivity index (χ4v) is 2.04. The Morgan fingerprint density at radius 2 is 2.43 bits per heavy atom. The van der Waals surface area contributed by atoms with Crippen molar-refractivity contribution in [1.82, 2.24) is 5.32 Å². The molecule has 0 aromatic carbocycles. The number of aliphatic hydroxyl groups excluding tert-OH is 1. The third kappa shape index (κ3) is 4.74. The van der Waals surface area contributed by atoms with Crippen molar-refractivity contribution in [2.75, 3.05) is 19.7 Å². The van der Waals surface area contributed by atoms with Crippen LogP contribution in [-0.4, -0.2) is 24.8 Å². The van der Waals surface area contributed by atoms with Gasteiger partial charge in [-0.1, -0.05) is 6.92 Å². The van der Waals surface area contributed by atoms with Gasteiger partial charge in [0.25, 0.3) is 0 Å². The van der Waals surface area contributed by atoms with Crippen LogP contribution in [0.3, 0.4) is 0 Å². The summed E-state index contributed by atoms with van der Waals surface area (Å²) in [5.41, 5.74) is 1.41. The molecule has 0 amide bonds. The summed E-state index contributed by atoms with van der Waals surface area (Å²) in [4.78, 5) is 0. The van der Waals surface area contributed by atoms with E-state index < -0.39 is 0 Å². The Kier molecular flexibility index (Phi) is 5.83. The Hall–Kier alpha value is -0.380. The van der Waals surface area contributed by atoms with Crippen molar-refractivity contribution in [3.63, 3.8) is 0 Å². The molecule has 1 unspecified atom stereocenters. The first-order chi connectivity index (χ1) is 6.83. The van der Waals surface area contributed by atoms with Crippen LogP contribution in [0.25, 0.3) is 0 Å². The van der Waals surface area contributed by atoms with Crippen molar-refractivity contribution in [3.8, 4) is 0 Å². The maximum absolute atomic E-state index is 8.72. The average Bonchev–Trinajstić information content (AvgIpc) is 2.65. The highest BCUT2D eigenvalue weighted by Gasteiger charge is 1.99. The number of thiophene rings is 1. The zero-order valence-electron chi connectivity index (χ0n) is 8.70. The minimum atomic E-state index is 0.299. The lowest BCUT2D eigenvalue weighted by Gasteiger charge is -2.10. The molecule has 0 aliphatic heterocycles. The van der Waals surface area contributed by atoms with Crippen molar-refractivity contribution < 1.29 is 5.11 Å². The van der Waals surface area contributed by atoms with E-state index in [1.54, 1.807) is 11.3 Å². The van der Waals surface area contributed by atoms with E-state index in [4.69, 9.17) is 5.11 Å². The SMILES string of the molecule is CC(CCO)CNCCc1ccsc1. The third-order valence-corrected chi connectivity index (χ3v) is 3.02. The van der Waals surface area contributed by atoms with Crippen LogP contribution in [0.2, 0.25) is 0 Å². The Morgan fingerprint density at radius 3 is 3.07 bits per heavy atom. The van der Waals surface area contributed by atoms with Crippen LogP contribution in [0.1, 0.15) is 18.9 Å². The molecule has 0 saturated heterocycles. The van der Waals surface area contributed by atoms with E-state index in [1.807, 2.05) is 0 Å². The molecule has 14 heavy (non-hydrogen) atoms. The molecule has 2 nitrogen and oxygen atoms in total. The summed E-state index contributed by atoms with van der Waals surface area (Å²) in [6, 6.07) is 2.17. The second-order valence-electron chi connectivity index (χ2n) is 3.70. The fourth-order valence-electron chi connectivity index (χ4n) is 1.34. The smallest absolute Gasteiger partial charge is 0.0434 e. The minimum absolute atomic E-state index is 0.299. The number of rotatable bonds is 7. The monoisotopic (exact) mass is 213 g/mol. The quantitative estimate of drug-likeness (QED) is 0.678. The lowest BCUT2D eigenvalue weighted by Crippen LogP contribution is -2.23. The van der Waals surface area contributed by atoms with Gasteiger partial charge in [-0.3, -0.25) is 0 Å². The summed E-state index contributed by atoms with van der Waals surface area (Å²) < 4.78 is 0. The van der Waals surface area contributed by atoms with Gasteiger partial charge in [-0.15, -0.1) is 0 Å². The van der Waals surface area contributed by atoms with Crippen LogP contribution in [0.4, 0.5) is 0 Å². The zero-order valence-corrected chi connectivity index (χ0v) is 9.52. The van der Waals surface area contributed by atoms with E-state index in [0.717, 1.165) is 25.9 Å². The summed E-state index contributed by atoms with van der Waals surface area (Å²) in [5.74, 6) is 0.572. The summed E-state index contributed by atoms with van der Waals surface area (Å²) in [6.07, 6.45) is 2.00. The lowest BCUT2D eigenvalue weighted by molar-refractivity contribution is 0.260. The maximum Gasteiger partial charge on any atom is 0.0434 e. The first kappa shape index (κ1) is 11.7. The molecule has 2 N–H and O–H groups in total. The van der Waals surface area contributed by atoms with E-state index in [9.17, 15) is 0 Å². The van der Waals surface area contributed by atoms with Crippen LogP contribution in [0.5, 0.6) is 0 Å². The number of hydrogen-bond acceptors (Lipinski definition) is 3. The molecule has 0 saturated carbocycles. The summed E-state index contributed by atoms with van der Waals surface area (Å²) in [6.45, 7) is 4.50. The van der Waals surface area contributed by atoms with Gasteiger partial charge in [-0.2, -0.15) is 11.3 Å². The van der Waals surface area contributed by atoms with Crippen LogP contribution < -0.4 is 5.32 Å². The second kappa shape index (κ2) is 6.98. The van der Waals surface area contributed by atoms with Gasteiger partial charge in [0.15, 0.2) is 0 Å². The topological polar surface area (TPSA) is 32.3 Å². The fraction of sp³-hybridized carbons (Fsp3) is 0.636. The van der Waals surface area contributed by atoms with Gasteiger partial charge < -0.3 is 10.4 Å². The predicted molar refractivity (Wildman–Crippen MR) is 61.8 cm³/mol. The lowest BCUT2D eigenvalue weighted by atomic mass is 10.1. The summed E-state index contributed by atoms with van der Waals surface area (Å²) >= 11 is 1.75. The van der Waals surface area contributed by atoms with Gasteiger partial charge in [-0.25, -0.2) is 0 Å². The normalized spacial score (nSPS) is 13.0. The molecule has 0 fully saturated rings. The highest BCUT2D eigenvalue weighted by Crippen LogP contribution is 2.05. The molecule has 1 atom stereocenters. The summed E-state index contributed by atoms with van der Waals surface area (Å²) in [7, 11) is 0. The van der Waals surface area contributed by atoms with Gasteiger partial charge in [0.05, 0.1) is 0 Å². The Balaban J connectivity index is 1.99. The van der Waals surface area contributed by atoms with Crippen molar-refractivity contribution in [1.29, 1.82) is 0 Å². The van der Waals surface area contributed by atoms with Crippen LogP contribution in [-0.2, 0) is 6.42 Å². The third-order valence-electron chi connectivity index (χ3n) is 2.29. The average molecular weight is 213 g/mol. The van der Waals surface area contributed by atoms with Crippen molar-refractivity contribution in [3.05, 3.63) is 22.4 Å². The standard InChI is InChI=1S/C11H19NOS/c1-10(3-6-13)8-12-5-2-11-4-7-14-9-11/h4,7,9-10,12-13H,2-3,5-6,8H2,1H3. The summed E-state index contributed by atoms with van der Waals surface area (Å²) in [5, 5.41) is 16.4. The number of hydrogen-bond donors (Lipinski definition) is 2. The van der Waals surface area contributed by atoms with E-state index in [0.29, 0.717) is 12.5 Å². The minimum Gasteiger partial charge on any atom is -0.396 e. The molecule has 1 aromatic rings. The molecule has 1 aromatic heterocycles. The van der Waals surface area contributed by atoms with E-state index in [-0.39, 0.29) is 0 Å². The van der Waals surface area contributed by atoms with Crippen LogP contribution >= 0.6 is 11.3 Å². The molecule has 0 aliphatic rings. The first-order valence-corrected chi connectivity index (χ1v) is 6.10. The number of nitrogens with one attached hydrogen (secondary N) is 1. The Labute approximate surface area is 90.0 Å². The molecule has 1 heterocycles. The predicted octanol–water partition coefficient (Wildman–Crippen LogP) is 1.90. The van der Waals surface area contributed by atoms with E-state index >= 15 is 0 Å². The molecule has 0 aliphatic carbocycles. The van der Waals surface area contributed by atoms with Crippen LogP contribution in [0.15, 0.2) is 16.8 Å². The van der Waals surface area contributed by atoms with E-state index in [2.05, 4.69) is 29.1 Å². The zero-order chi connectivity index (χ0) is 10.2. The Morgan fingerprint density at radius 1 is 1.57 bits per heavy atom. The maximum atomic E-state index is 8.72. The van der Waals surface area contributed by atoms with Gasteiger partial charge in [0.2, 0.25) is 0 Å². The van der Waals surface area contributed by atoms with E-state index in [1.165, 1.54) is 5.56 Å². The van der Waals surface area contributed by atoms with Gasteiger partial charge in [-0.05, 0) is 54.2 Å². The highest BCUT2D eigenvalue weighted by molar-refractivity contribution is 7.07. The highest BCUT2D eigenvalue weighted by atomic mass is 32.1. The molecule has 80 valence electrons. The van der Waals surface area contributed by atoms with Gasteiger partial charge in [0, 0.05) is 6.61 Å².